The molecule has 5 heteroatoms. The van der Waals surface area contributed by atoms with E-state index in [1.54, 1.807) is 37.2 Å². The van der Waals surface area contributed by atoms with E-state index < -0.39 is 0 Å². The fourth-order valence-electron chi connectivity index (χ4n) is 2.18. The van der Waals surface area contributed by atoms with Gasteiger partial charge >= 0.3 is 0 Å². The van der Waals surface area contributed by atoms with Crippen LogP contribution in [0.3, 0.4) is 0 Å². The minimum atomic E-state index is 0.0637. The molecule has 0 saturated heterocycles. The highest BCUT2D eigenvalue weighted by molar-refractivity contribution is 5.80. The van der Waals surface area contributed by atoms with E-state index in [9.17, 15) is 4.79 Å². The van der Waals surface area contributed by atoms with E-state index >= 15 is 0 Å². The number of carbonyl (C=O) groups is 1. The molecule has 0 aromatic heterocycles. The second-order valence-electron chi connectivity index (χ2n) is 5.54. The predicted octanol–water partition coefficient (Wildman–Crippen LogP) is 2.68. The molecule has 2 aromatic rings. The number of amides is 1. The van der Waals surface area contributed by atoms with Gasteiger partial charge in [0.1, 0.15) is 12.4 Å². The van der Waals surface area contributed by atoms with Crippen LogP contribution in [0.15, 0.2) is 48.5 Å². The van der Waals surface area contributed by atoms with Crippen molar-refractivity contribution in [2.75, 3.05) is 32.6 Å². The van der Waals surface area contributed by atoms with Crippen LogP contribution in [0.25, 0.3) is 0 Å². The Morgan fingerprint density at radius 2 is 2.00 bits per heavy atom. The van der Waals surface area contributed by atoms with Crippen molar-refractivity contribution in [3.63, 3.8) is 0 Å². The zero-order valence-electron chi connectivity index (χ0n) is 14.0. The SMILES string of the molecule is CN(C)C(=O)Cc1ccccc1NCCOc1cccc(C#N)c1. The van der Waals surface area contributed by atoms with Crippen LogP contribution in [0, 0.1) is 11.3 Å². The van der Waals surface area contributed by atoms with Gasteiger partial charge in [0.2, 0.25) is 5.91 Å². The van der Waals surface area contributed by atoms with Crippen LogP contribution < -0.4 is 10.1 Å². The van der Waals surface area contributed by atoms with Crippen LogP contribution in [0.1, 0.15) is 11.1 Å². The highest BCUT2D eigenvalue weighted by atomic mass is 16.5. The van der Waals surface area contributed by atoms with E-state index in [4.69, 9.17) is 10.00 Å². The number of likely N-dealkylation sites (N-methyl/N-ethyl adjacent to an activating group) is 1. The Bertz CT molecular complexity index is 735. The Kier molecular flexibility index (Phi) is 6.21. The minimum absolute atomic E-state index is 0.0637. The molecule has 0 heterocycles. The first-order chi connectivity index (χ1) is 11.6. The molecular weight excluding hydrogens is 302 g/mol. The van der Waals surface area contributed by atoms with Gasteiger partial charge in [0.05, 0.1) is 18.1 Å². The number of carbonyl (C=O) groups excluding carboxylic acids is 1. The maximum absolute atomic E-state index is 11.9. The molecule has 1 amide bonds. The highest BCUT2D eigenvalue weighted by Gasteiger charge is 2.09. The van der Waals surface area contributed by atoms with Gasteiger partial charge in [0.25, 0.3) is 0 Å². The number of rotatable bonds is 7. The molecule has 124 valence electrons. The van der Waals surface area contributed by atoms with Gasteiger partial charge in [-0.3, -0.25) is 4.79 Å². The predicted molar refractivity (Wildman–Crippen MR) is 94.0 cm³/mol. The molecule has 0 radical (unpaired) electrons. The zero-order valence-corrected chi connectivity index (χ0v) is 14.0. The third kappa shape index (κ3) is 5.03. The van der Waals surface area contributed by atoms with Crippen molar-refractivity contribution in [1.82, 2.24) is 4.90 Å². The summed E-state index contributed by atoms with van der Waals surface area (Å²) in [6.07, 6.45) is 0.362. The average Bonchev–Trinajstić information content (AvgIpc) is 2.60. The van der Waals surface area contributed by atoms with E-state index in [0.717, 1.165) is 11.3 Å². The van der Waals surface area contributed by atoms with Gasteiger partial charge in [0.15, 0.2) is 0 Å². The van der Waals surface area contributed by atoms with E-state index in [-0.39, 0.29) is 5.91 Å². The third-order valence-electron chi connectivity index (χ3n) is 3.51. The molecule has 0 spiro atoms. The third-order valence-corrected chi connectivity index (χ3v) is 3.51. The molecule has 0 saturated carbocycles. The van der Waals surface area contributed by atoms with Gasteiger partial charge in [-0.25, -0.2) is 0 Å². The van der Waals surface area contributed by atoms with Gasteiger partial charge < -0.3 is 15.0 Å². The Morgan fingerprint density at radius 3 is 2.75 bits per heavy atom. The van der Waals surface area contributed by atoms with Crippen LogP contribution in [-0.2, 0) is 11.2 Å². The largest absolute Gasteiger partial charge is 0.492 e. The first-order valence-corrected chi connectivity index (χ1v) is 7.75. The lowest BCUT2D eigenvalue weighted by Gasteiger charge is -2.15. The lowest BCUT2D eigenvalue weighted by atomic mass is 10.1. The van der Waals surface area contributed by atoms with Crippen LogP contribution in [0.2, 0.25) is 0 Å². The first kappa shape index (κ1) is 17.4. The monoisotopic (exact) mass is 323 g/mol. The second-order valence-corrected chi connectivity index (χ2v) is 5.54. The molecule has 0 unspecified atom stereocenters. The summed E-state index contributed by atoms with van der Waals surface area (Å²) < 4.78 is 5.64. The molecule has 24 heavy (non-hydrogen) atoms. The number of nitrogens with zero attached hydrogens (tertiary/aromatic N) is 2. The van der Waals surface area contributed by atoms with Crippen LogP contribution >= 0.6 is 0 Å². The van der Waals surface area contributed by atoms with E-state index in [0.29, 0.717) is 30.9 Å². The Morgan fingerprint density at radius 1 is 1.21 bits per heavy atom. The second kappa shape index (κ2) is 8.59. The molecule has 0 atom stereocenters. The molecule has 0 aliphatic heterocycles. The van der Waals surface area contributed by atoms with Crippen molar-refractivity contribution in [3.05, 3.63) is 59.7 Å². The molecule has 2 rings (SSSR count). The minimum Gasteiger partial charge on any atom is -0.492 e. The lowest BCUT2D eigenvalue weighted by molar-refractivity contribution is -0.127. The fraction of sp³-hybridized carbons (Fsp3) is 0.263. The summed E-state index contributed by atoms with van der Waals surface area (Å²) in [5, 5.41) is 12.2. The summed E-state index contributed by atoms with van der Waals surface area (Å²) in [4.78, 5) is 13.5. The van der Waals surface area contributed by atoms with Gasteiger partial charge in [-0.1, -0.05) is 24.3 Å². The molecule has 0 aliphatic carbocycles. The summed E-state index contributed by atoms with van der Waals surface area (Å²) >= 11 is 0. The fourth-order valence-corrected chi connectivity index (χ4v) is 2.18. The molecule has 5 nitrogen and oxygen atoms in total. The van der Waals surface area contributed by atoms with E-state index in [2.05, 4.69) is 11.4 Å². The highest BCUT2D eigenvalue weighted by Crippen LogP contribution is 2.16. The molecule has 1 N–H and O–H groups in total. The maximum atomic E-state index is 11.9. The summed E-state index contributed by atoms with van der Waals surface area (Å²) in [5.74, 6) is 0.737. The normalized spacial score (nSPS) is 9.88. The topological polar surface area (TPSA) is 65.4 Å². The molecule has 2 aromatic carbocycles. The average molecular weight is 323 g/mol. The van der Waals surface area contributed by atoms with Crippen molar-refractivity contribution in [1.29, 1.82) is 5.26 Å². The maximum Gasteiger partial charge on any atom is 0.226 e. The number of hydrogen-bond acceptors (Lipinski definition) is 4. The first-order valence-electron chi connectivity index (χ1n) is 7.75. The number of anilines is 1. The number of para-hydroxylation sites is 1. The van der Waals surface area contributed by atoms with Gasteiger partial charge in [0, 0.05) is 26.3 Å². The van der Waals surface area contributed by atoms with Crippen LogP contribution in [0.5, 0.6) is 5.75 Å². The number of nitriles is 1. The Labute approximate surface area is 142 Å². The Balaban J connectivity index is 1.88. The standard InChI is InChI=1S/C19H21N3O2/c1-22(2)19(23)13-16-7-3-4-9-18(16)21-10-11-24-17-8-5-6-15(12-17)14-20/h3-9,12,21H,10-11,13H2,1-2H3. The van der Waals surface area contributed by atoms with E-state index in [1.807, 2.05) is 30.3 Å². The zero-order chi connectivity index (χ0) is 17.4. The smallest absolute Gasteiger partial charge is 0.226 e. The number of nitrogens with one attached hydrogen (secondary N) is 1. The molecule has 0 fully saturated rings. The van der Waals surface area contributed by atoms with Crippen molar-refractivity contribution in [3.8, 4) is 11.8 Å². The summed E-state index contributed by atoms with van der Waals surface area (Å²) in [6.45, 7) is 1.06. The van der Waals surface area contributed by atoms with Crippen molar-refractivity contribution in [2.45, 2.75) is 6.42 Å². The van der Waals surface area contributed by atoms with E-state index in [1.165, 1.54) is 0 Å². The van der Waals surface area contributed by atoms with Crippen molar-refractivity contribution in [2.24, 2.45) is 0 Å². The van der Waals surface area contributed by atoms with Crippen LogP contribution in [0.4, 0.5) is 5.69 Å². The Hall–Kier alpha value is -3.00. The number of ether oxygens (including phenoxy) is 1. The molecule has 0 bridgehead atoms. The molecule has 0 aliphatic rings. The summed E-state index contributed by atoms with van der Waals surface area (Å²) in [7, 11) is 3.50. The van der Waals surface area contributed by atoms with Gasteiger partial charge in [-0.05, 0) is 29.8 Å². The lowest BCUT2D eigenvalue weighted by Crippen LogP contribution is -2.24. The summed E-state index contributed by atoms with van der Waals surface area (Å²) in [6, 6.07) is 16.9. The van der Waals surface area contributed by atoms with Gasteiger partial charge in [-0.2, -0.15) is 5.26 Å². The quantitative estimate of drug-likeness (QED) is 0.796. The molecular formula is C19H21N3O2. The van der Waals surface area contributed by atoms with Crippen LogP contribution in [-0.4, -0.2) is 38.1 Å². The van der Waals surface area contributed by atoms with Gasteiger partial charge in [-0.15, -0.1) is 0 Å². The summed E-state index contributed by atoms with van der Waals surface area (Å²) in [5.41, 5.74) is 2.47. The number of benzene rings is 2. The van der Waals surface area contributed by atoms with Crippen molar-refractivity contribution < 1.29 is 9.53 Å². The number of hydrogen-bond donors (Lipinski definition) is 1. The van der Waals surface area contributed by atoms with Crippen molar-refractivity contribution >= 4 is 11.6 Å².